The van der Waals surface area contributed by atoms with Gasteiger partial charge in [-0.05, 0) is 42.8 Å². The molecule has 0 fully saturated rings. The highest BCUT2D eigenvalue weighted by Crippen LogP contribution is 2.18. The summed E-state index contributed by atoms with van der Waals surface area (Å²) in [5, 5.41) is 3.29. The summed E-state index contributed by atoms with van der Waals surface area (Å²) in [4.78, 5) is 12.0. The highest BCUT2D eigenvalue weighted by atomic mass is 35.5. The van der Waals surface area contributed by atoms with Gasteiger partial charge in [0.1, 0.15) is 11.6 Å². The van der Waals surface area contributed by atoms with Gasteiger partial charge in [0.2, 0.25) is 5.91 Å². The molecule has 0 radical (unpaired) electrons. The fourth-order valence-corrected chi connectivity index (χ4v) is 2.90. The summed E-state index contributed by atoms with van der Waals surface area (Å²) in [7, 11) is 0. The van der Waals surface area contributed by atoms with E-state index in [2.05, 4.69) is 5.32 Å². The molecule has 0 saturated heterocycles. The maximum Gasteiger partial charge on any atom is 0.233 e. The third-order valence-electron chi connectivity index (χ3n) is 3.27. The van der Waals surface area contributed by atoms with E-state index in [-0.39, 0.29) is 17.0 Å². The summed E-state index contributed by atoms with van der Waals surface area (Å²) in [5.41, 5.74) is 0.867. The van der Waals surface area contributed by atoms with Crippen molar-refractivity contribution in [3.8, 4) is 5.75 Å². The zero-order valence-electron chi connectivity index (χ0n) is 13.3. The number of carbonyl (C=O) groups excluding carboxylic acids is 1. The van der Waals surface area contributed by atoms with Crippen LogP contribution in [0.2, 0.25) is 5.02 Å². The Hall–Kier alpha value is -1.72. The summed E-state index contributed by atoms with van der Waals surface area (Å²) in [6.45, 7) is 2.74. The number of carbonyl (C=O) groups is 1. The van der Waals surface area contributed by atoms with E-state index < -0.39 is 0 Å². The van der Waals surface area contributed by atoms with Crippen LogP contribution in [-0.4, -0.2) is 23.5 Å². The van der Waals surface area contributed by atoms with Crippen molar-refractivity contribution in [3.63, 3.8) is 0 Å². The molecule has 6 heteroatoms. The van der Waals surface area contributed by atoms with Gasteiger partial charge in [-0.3, -0.25) is 4.79 Å². The van der Waals surface area contributed by atoms with Crippen molar-refractivity contribution >= 4 is 29.3 Å². The number of ether oxygens (including phenoxy) is 1. The standard InChI is InChI=1S/C18H19ClFNO2S/c1-13(18(22)21-12-14-5-7-16(20)8-6-14)24-10-9-23-17-4-2-3-15(19)11-17/h2-8,11,13H,9-10,12H2,1H3,(H,21,22). The Kier molecular flexibility index (Phi) is 7.40. The van der Waals surface area contributed by atoms with Crippen LogP contribution in [0.1, 0.15) is 12.5 Å². The largest absolute Gasteiger partial charge is 0.493 e. The van der Waals surface area contributed by atoms with E-state index >= 15 is 0 Å². The van der Waals surface area contributed by atoms with Crippen LogP contribution in [0.4, 0.5) is 4.39 Å². The second kappa shape index (κ2) is 9.55. The number of nitrogens with one attached hydrogen (secondary N) is 1. The molecule has 3 nitrogen and oxygen atoms in total. The van der Waals surface area contributed by atoms with Crippen LogP contribution >= 0.6 is 23.4 Å². The molecule has 1 atom stereocenters. The number of thioether (sulfide) groups is 1. The SMILES string of the molecule is CC(SCCOc1cccc(Cl)c1)C(=O)NCc1ccc(F)cc1. The zero-order chi connectivity index (χ0) is 17.4. The Morgan fingerprint density at radius 2 is 2.04 bits per heavy atom. The van der Waals surface area contributed by atoms with E-state index in [0.29, 0.717) is 23.9 Å². The van der Waals surface area contributed by atoms with Crippen molar-refractivity contribution < 1.29 is 13.9 Å². The van der Waals surface area contributed by atoms with Crippen molar-refractivity contribution in [2.75, 3.05) is 12.4 Å². The Labute approximate surface area is 150 Å². The van der Waals surface area contributed by atoms with Crippen molar-refractivity contribution in [2.24, 2.45) is 0 Å². The number of rotatable bonds is 8. The van der Waals surface area contributed by atoms with Gasteiger partial charge in [0.15, 0.2) is 0 Å². The number of amides is 1. The normalized spacial score (nSPS) is 11.8. The molecular formula is C18H19ClFNO2S. The van der Waals surface area contributed by atoms with E-state index in [9.17, 15) is 9.18 Å². The average molecular weight is 368 g/mol. The van der Waals surface area contributed by atoms with Gasteiger partial charge in [-0.2, -0.15) is 0 Å². The Bertz CT molecular complexity index is 666. The predicted octanol–water partition coefficient (Wildman–Crippen LogP) is 4.30. The fourth-order valence-electron chi connectivity index (χ4n) is 1.95. The van der Waals surface area contributed by atoms with Gasteiger partial charge in [-0.1, -0.05) is 29.8 Å². The average Bonchev–Trinajstić information content (AvgIpc) is 2.58. The van der Waals surface area contributed by atoms with Gasteiger partial charge in [0.25, 0.3) is 0 Å². The van der Waals surface area contributed by atoms with Gasteiger partial charge < -0.3 is 10.1 Å². The molecule has 0 saturated carbocycles. The minimum absolute atomic E-state index is 0.0490. The maximum absolute atomic E-state index is 12.8. The molecule has 0 aliphatic carbocycles. The highest BCUT2D eigenvalue weighted by Gasteiger charge is 2.12. The molecule has 1 N–H and O–H groups in total. The monoisotopic (exact) mass is 367 g/mol. The minimum atomic E-state index is -0.284. The first-order chi connectivity index (χ1) is 11.5. The van der Waals surface area contributed by atoms with Gasteiger partial charge in [-0.25, -0.2) is 4.39 Å². The molecule has 2 aromatic rings. The van der Waals surface area contributed by atoms with Crippen molar-refractivity contribution in [1.82, 2.24) is 5.32 Å². The number of benzene rings is 2. The quantitative estimate of drug-likeness (QED) is 0.707. The molecule has 1 amide bonds. The van der Waals surface area contributed by atoms with Crippen LogP contribution < -0.4 is 10.1 Å². The van der Waals surface area contributed by atoms with Crippen molar-refractivity contribution in [3.05, 3.63) is 64.9 Å². The van der Waals surface area contributed by atoms with Crippen LogP contribution in [0.15, 0.2) is 48.5 Å². The van der Waals surface area contributed by atoms with E-state index in [1.807, 2.05) is 19.1 Å². The Balaban J connectivity index is 1.65. The molecular weight excluding hydrogens is 349 g/mol. The lowest BCUT2D eigenvalue weighted by Crippen LogP contribution is -2.30. The topological polar surface area (TPSA) is 38.3 Å². The first-order valence-corrected chi connectivity index (χ1v) is 8.99. The molecule has 24 heavy (non-hydrogen) atoms. The van der Waals surface area contributed by atoms with Crippen LogP contribution in [0.3, 0.4) is 0 Å². The summed E-state index contributed by atoms with van der Waals surface area (Å²) < 4.78 is 18.4. The summed E-state index contributed by atoms with van der Waals surface area (Å²) in [5.74, 6) is 1.08. The fraction of sp³-hybridized carbons (Fsp3) is 0.278. The number of halogens is 2. The first-order valence-electron chi connectivity index (χ1n) is 7.57. The zero-order valence-corrected chi connectivity index (χ0v) is 14.9. The van der Waals surface area contributed by atoms with Crippen LogP contribution in [-0.2, 0) is 11.3 Å². The summed E-state index contributed by atoms with van der Waals surface area (Å²) in [6.07, 6.45) is 0. The second-order valence-corrected chi connectivity index (χ2v) is 7.05. The van der Waals surface area contributed by atoms with Gasteiger partial charge >= 0.3 is 0 Å². The third kappa shape index (κ3) is 6.42. The summed E-state index contributed by atoms with van der Waals surface area (Å²) >= 11 is 7.40. The molecule has 0 aliphatic heterocycles. The Morgan fingerprint density at radius 1 is 1.29 bits per heavy atom. The molecule has 0 heterocycles. The summed E-state index contributed by atoms with van der Waals surface area (Å²) in [6, 6.07) is 13.3. The van der Waals surface area contributed by atoms with Crippen molar-refractivity contribution in [2.45, 2.75) is 18.7 Å². The maximum atomic E-state index is 12.8. The molecule has 1 unspecified atom stereocenters. The van der Waals surface area contributed by atoms with Gasteiger partial charge in [0.05, 0.1) is 11.9 Å². The molecule has 128 valence electrons. The third-order valence-corrected chi connectivity index (χ3v) is 4.62. The lowest BCUT2D eigenvalue weighted by molar-refractivity contribution is -0.120. The highest BCUT2D eigenvalue weighted by molar-refractivity contribution is 8.00. The molecule has 0 aliphatic rings. The number of hydrogen-bond donors (Lipinski definition) is 1. The van der Waals surface area contributed by atoms with E-state index in [0.717, 1.165) is 11.3 Å². The van der Waals surface area contributed by atoms with Gasteiger partial charge in [-0.15, -0.1) is 11.8 Å². The van der Waals surface area contributed by atoms with Crippen LogP contribution in [0.25, 0.3) is 0 Å². The molecule has 0 aromatic heterocycles. The van der Waals surface area contributed by atoms with Gasteiger partial charge in [0, 0.05) is 17.3 Å². The van der Waals surface area contributed by atoms with Crippen LogP contribution in [0, 0.1) is 5.82 Å². The van der Waals surface area contributed by atoms with E-state index in [1.165, 1.54) is 23.9 Å². The lowest BCUT2D eigenvalue weighted by Gasteiger charge is -2.12. The molecule has 2 aromatic carbocycles. The smallest absolute Gasteiger partial charge is 0.233 e. The van der Waals surface area contributed by atoms with E-state index in [4.69, 9.17) is 16.3 Å². The first kappa shape index (κ1) is 18.6. The molecule has 2 rings (SSSR count). The minimum Gasteiger partial charge on any atom is -0.493 e. The molecule has 0 bridgehead atoms. The Morgan fingerprint density at radius 3 is 2.75 bits per heavy atom. The number of hydrogen-bond acceptors (Lipinski definition) is 3. The predicted molar refractivity (Wildman–Crippen MR) is 97.1 cm³/mol. The van der Waals surface area contributed by atoms with Crippen molar-refractivity contribution in [1.29, 1.82) is 0 Å². The second-order valence-electron chi connectivity index (χ2n) is 5.16. The molecule has 0 spiro atoms. The van der Waals surface area contributed by atoms with Crippen LogP contribution in [0.5, 0.6) is 5.75 Å². The lowest BCUT2D eigenvalue weighted by atomic mass is 10.2. The van der Waals surface area contributed by atoms with E-state index in [1.54, 1.807) is 24.3 Å².